The number of aliphatic imine (C=N–C) groups is 1. The third-order valence-electron chi connectivity index (χ3n) is 4.96. The Kier molecular flexibility index (Phi) is 4.85. The molecular weight excluding hydrogens is 322 g/mol. The summed E-state index contributed by atoms with van der Waals surface area (Å²) in [7, 11) is 0. The number of nitro benzene ring substituents is 1. The zero-order valence-corrected chi connectivity index (χ0v) is 15.4. The quantitative estimate of drug-likeness (QED) is 0.573. The van der Waals surface area contributed by atoms with E-state index >= 15 is 0 Å². The number of aryl methyl sites for hydroxylation is 1. The second-order valence-electron chi connectivity index (χ2n) is 7.35. The summed E-state index contributed by atoms with van der Waals surface area (Å²) in [6.07, 6.45) is 5.12. The van der Waals surface area contributed by atoms with Crippen molar-refractivity contribution in [1.82, 2.24) is 4.90 Å². The maximum absolute atomic E-state index is 10.9. The van der Waals surface area contributed by atoms with Crippen LogP contribution in [0.1, 0.15) is 45.1 Å². The molecular formula is C18H25N3O2S. The Balaban J connectivity index is 1.92. The topological polar surface area (TPSA) is 58.7 Å². The molecule has 0 aromatic heterocycles. The van der Waals surface area contributed by atoms with E-state index in [0.29, 0.717) is 5.92 Å². The van der Waals surface area contributed by atoms with Gasteiger partial charge in [0, 0.05) is 24.4 Å². The molecule has 0 unspecified atom stereocenters. The van der Waals surface area contributed by atoms with Crippen LogP contribution in [-0.4, -0.2) is 32.8 Å². The molecule has 1 saturated carbocycles. The smallest absolute Gasteiger partial charge is 0.269 e. The second kappa shape index (κ2) is 6.75. The van der Waals surface area contributed by atoms with Gasteiger partial charge in [0.15, 0.2) is 5.17 Å². The van der Waals surface area contributed by atoms with Crippen LogP contribution in [-0.2, 0) is 0 Å². The molecule has 2 fully saturated rings. The lowest BCUT2D eigenvalue weighted by atomic mass is 9.97. The Bertz CT molecular complexity index is 666. The van der Waals surface area contributed by atoms with E-state index in [1.807, 2.05) is 18.7 Å². The van der Waals surface area contributed by atoms with Gasteiger partial charge in [-0.05, 0) is 37.3 Å². The van der Waals surface area contributed by atoms with Crippen LogP contribution in [0.15, 0.2) is 23.2 Å². The molecule has 1 spiro atoms. The first-order valence-corrected chi connectivity index (χ1v) is 9.64. The number of non-ortho nitro benzene ring substituents is 1. The predicted octanol–water partition coefficient (Wildman–Crippen LogP) is 4.91. The van der Waals surface area contributed by atoms with Crippen molar-refractivity contribution in [3.05, 3.63) is 33.9 Å². The van der Waals surface area contributed by atoms with Crippen LogP contribution in [0.4, 0.5) is 11.4 Å². The molecule has 2 aliphatic rings. The number of nitrogens with zero attached hydrogens (tertiary/aromatic N) is 3. The van der Waals surface area contributed by atoms with Gasteiger partial charge in [-0.25, -0.2) is 4.99 Å². The SMILES string of the molecule is Cc1cc([N+](=O)[O-])ccc1N=C1SCC2(CCCC2)N1CC(C)C. The molecule has 0 N–H and O–H groups in total. The summed E-state index contributed by atoms with van der Waals surface area (Å²) in [4.78, 5) is 18.0. The lowest BCUT2D eigenvalue weighted by Crippen LogP contribution is -2.46. The highest BCUT2D eigenvalue weighted by atomic mass is 32.2. The maximum atomic E-state index is 10.9. The third kappa shape index (κ3) is 3.29. The largest absolute Gasteiger partial charge is 0.344 e. The summed E-state index contributed by atoms with van der Waals surface area (Å²) in [5.41, 5.74) is 2.10. The summed E-state index contributed by atoms with van der Waals surface area (Å²) in [5.74, 6) is 1.70. The molecule has 0 atom stereocenters. The molecule has 0 radical (unpaired) electrons. The van der Waals surface area contributed by atoms with Crippen molar-refractivity contribution in [2.75, 3.05) is 12.3 Å². The summed E-state index contributed by atoms with van der Waals surface area (Å²) >= 11 is 1.84. The van der Waals surface area contributed by atoms with Gasteiger partial charge in [0.25, 0.3) is 5.69 Å². The highest BCUT2D eigenvalue weighted by Gasteiger charge is 2.46. The minimum absolute atomic E-state index is 0.127. The lowest BCUT2D eigenvalue weighted by molar-refractivity contribution is -0.384. The molecule has 3 rings (SSSR count). The molecule has 130 valence electrons. The Morgan fingerprint density at radius 2 is 2.08 bits per heavy atom. The number of thioether (sulfide) groups is 1. The van der Waals surface area contributed by atoms with Crippen LogP contribution in [0.5, 0.6) is 0 Å². The predicted molar refractivity (Wildman–Crippen MR) is 100 cm³/mol. The average Bonchev–Trinajstić information content (AvgIpc) is 3.11. The zero-order chi connectivity index (χ0) is 17.3. The first-order chi connectivity index (χ1) is 11.4. The zero-order valence-electron chi connectivity index (χ0n) is 14.6. The van der Waals surface area contributed by atoms with Crippen molar-refractivity contribution in [3.63, 3.8) is 0 Å². The monoisotopic (exact) mass is 347 g/mol. The summed E-state index contributed by atoms with van der Waals surface area (Å²) in [6, 6.07) is 4.93. The molecule has 1 aromatic carbocycles. The van der Waals surface area contributed by atoms with E-state index in [1.165, 1.54) is 25.7 Å². The van der Waals surface area contributed by atoms with Crippen molar-refractivity contribution in [2.45, 2.75) is 52.0 Å². The molecule has 0 bridgehead atoms. The van der Waals surface area contributed by atoms with Gasteiger partial charge in [0.05, 0.1) is 16.1 Å². The van der Waals surface area contributed by atoms with Gasteiger partial charge in [-0.2, -0.15) is 0 Å². The number of nitro groups is 1. The lowest BCUT2D eigenvalue weighted by Gasteiger charge is -2.37. The third-order valence-corrected chi connectivity index (χ3v) is 6.21. The fourth-order valence-electron chi connectivity index (χ4n) is 3.72. The normalized spacial score (nSPS) is 21.3. The van der Waals surface area contributed by atoms with Crippen molar-refractivity contribution >= 4 is 28.3 Å². The van der Waals surface area contributed by atoms with Crippen molar-refractivity contribution in [2.24, 2.45) is 10.9 Å². The van der Waals surface area contributed by atoms with Crippen molar-refractivity contribution in [3.8, 4) is 0 Å². The van der Waals surface area contributed by atoms with E-state index in [-0.39, 0.29) is 16.1 Å². The van der Waals surface area contributed by atoms with Crippen LogP contribution >= 0.6 is 11.8 Å². The van der Waals surface area contributed by atoms with Crippen LogP contribution in [0.25, 0.3) is 0 Å². The average molecular weight is 347 g/mol. The first-order valence-electron chi connectivity index (χ1n) is 8.65. The molecule has 0 amide bonds. The molecule has 1 saturated heterocycles. The van der Waals surface area contributed by atoms with E-state index < -0.39 is 0 Å². The number of hydrogen-bond donors (Lipinski definition) is 0. The van der Waals surface area contributed by atoms with Crippen LogP contribution in [0.3, 0.4) is 0 Å². The molecule has 1 aliphatic heterocycles. The van der Waals surface area contributed by atoms with E-state index in [0.717, 1.165) is 28.7 Å². The Labute approximate surface area is 147 Å². The van der Waals surface area contributed by atoms with E-state index in [2.05, 4.69) is 18.7 Å². The van der Waals surface area contributed by atoms with E-state index in [1.54, 1.807) is 18.2 Å². The van der Waals surface area contributed by atoms with Gasteiger partial charge in [0.2, 0.25) is 0 Å². The maximum Gasteiger partial charge on any atom is 0.269 e. The van der Waals surface area contributed by atoms with Crippen LogP contribution < -0.4 is 0 Å². The number of rotatable bonds is 4. The van der Waals surface area contributed by atoms with Gasteiger partial charge in [-0.3, -0.25) is 10.1 Å². The summed E-state index contributed by atoms with van der Waals surface area (Å²) in [5, 5.41) is 12.0. The van der Waals surface area contributed by atoms with E-state index in [4.69, 9.17) is 4.99 Å². The van der Waals surface area contributed by atoms with Crippen molar-refractivity contribution < 1.29 is 4.92 Å². The molecule has 6 heteroatoms. The van der Waals surface area contributed by atoms with Crippen molar-refractivity contribution in [1.29, 1.82) is 0 Å². The number of amidine groups is 1. The minimum atomic E-state index is -0.354. The van der Waals surface area contributed by atoms with Gasteiger partial charge in [-0.15, -0.1) is 0 Å². The van der Waals surface area contributed by atoms with Gasteiger partial charge < -0.3 is 4.90 Å². The van der Waals surface area contributed by atoms with Crippen LogP contribution in [0, 0.1) is 23.0 Å². The Morgan fingerprint density at radius 3 is 2.67 bits per heavy atom. The number of hydrogen-bond acceptors (Lipinski definition) is 4. The molecule has 24 heavy (non-hydrogen) atoms. The summed E-state index contributed by atoms with van der Waals surface area (Å²) in [6.45, 7) is 7.42. The van der Waals surface area contributed by atoms with E-state index in [9.17, 15) is 10.1 Å². The van der Waals surface area contributed by atoms with Gasteiger partial charge in [-0.1, -0.05) is 38.5 Å². The molecule has 1 aliphatic carbocycles. The fraction of sp³-hybridized carbons (Fsp3) is 0.611. The molecule has 1 aromatic rings. The Morgan fingerprint density at radius 1 is 1.38 bits per heavy atom. The second-order valence-corrected chi connectivity index (χ2v) is 8.29. The molecule has 5 nitrogen and oxygen atoms in total. The first kappa shape index (κ1) is 17.3. The summed E-state index contributed by atoms with van der Waals surface area (Å²) < 4.78 is 0. The standard InChI is InChI=1S/C18H25N3O2S/c1-13(2)11-20-17(24-12-18(20)8-4-5-9-18)19-16-7-6-15(21(22)23)10-14(16)3/h6-7,10,13H,4-5,8-9,11-12H2,1-3H3. The van der Waals surface area contributed by atoms with Gasteiger partial charge >= 0.3 is 0 Å². The minimum Gasteiger partial charge on any atom is -0.344 e. The highest BCUT2D eigenvalue weighted by Crippen LogP contribution is 2.45. The fourth-order valence-corrected chi connectivity index (χ4v) is 5.15. The highest BCUT2D eigenvalue weighted by molar-refractivity contribution is 8.14. The Hall–Kier alpha value is -1.56. The number of benzene rings is 1. The van der Waals surface area contributed by atoms with Gasteiger partial charge in [0.1, 0.15) is 0 Å². The van der Waals surface area contributed by atoms with Crippen LogP contribution in [0.2, 0.25) is 0 Å². The molecule has 1 heterocycles.